The zero-order valence-electron chi connectivity index (χ0n) is 13.1. The molecule has 0 aliphatic rings. The van der Waals surface area contributed by atoms with Crippen molar-refractivity contribution in [3.8, 4) is 6.07 Å². The van der Waals surface area contributed by atoms with Gasteiger partial charge in [-0.1, -0.05) is 34.9 Å². The van der Waals surface area contributed by atoms with E-state index in [0.29, 0.717) is 6.42 Å². The molecule has 19 heavy (non-hydrogen) atoms. The number of rotatable bonds is 9. The first-order valence-electron chi connectivity index (χ1n) is 7.38. The van der Waals surface area contributed by atoms with Gasteiger partial charge in [-0.3, -0.25) is 0 Å². The summed E-state index contributed by atoms with van der Waals surface area (Å²) in [5.74, 6) is 0. The van der Waals surface area contributed by atoms with Gasteiger partial charge in [0.1, 0.15) is 0 Å². The molecule has 0 aliphatic carbocycles. The lowest BCUT2D eigenvalue weighted by atomic mass is 10.1. The minimum absolute atomic E-state index is 0.674. The molecule has 1 nitrogen and oxygen atoms in total. The van der Waals surface area contributed by atoms with E-state index in [1.165, 1.54) is 23.1 Å². The Morgan fingerprint density at radius 3 is 1.89 bits per heavy atom. The van der Waals surface area contributed by atoms with Gasteiger partial charge in [0.05, 0.1) is 6.07 Å². The fourth-order valence-electron chi connectivity index (χ4n) is 1.87. The van der Waals surface area contributed by atoms with Crippen molar-refractivity contribution in [2.45, 2.75) is 72.6 Å². The first kappa shape index (κ1) is 17.7. The predicted molar refractivity (Wildman–Crippen MR) is 84.9 cm³/mol. The van der Waals surface area contributed by atoms with Gasteiger partial charge in [-0.25, -0.2) is 0 Å². The molecule has 0 aromatic carbocycles. The van der Waals surface area contributed by atoms with Crippen molar-refractivity contribution in [3.63, 3.8) is 0 Å². The molecule has 0 amide bonds. The second kappa shape index (κ2) is 11.8. The third-order valence-corrected chi connectivity index (χ3v) is 3.11. The molecular formula is C18H29N. The molecule has 0 spiro atoms. The van der Waals surface area contributed by atoms with Crippen LogP contribution in [0.25, 0.3) is 0 Å². The molecule has 1 heteroatoms. The standard InChI is InChI=1S/C18H29N/c1-16(2)10-8-12-18(4)14-9-13-17(3)11-6-5-7-15-19/h10-11,14H,5-9,12-13H2,1-4H3. The van der Waals surface area contributed by atoms with Gasteiger partial charge in [0.2, 0.25) is 0 Å². The molecular weight excluding hydrogens is 230 g/mol. The smallest absolute Gasteiger partial charge is 0.0621 e. The number of hydrogen-bond acceptors (Lipinski definition) is 1. The normalized spacial score (nSPS) is 12.2. The third-order valence-electron chi connectivity index (χ3n) is 3.11. The summed E-state index contributed by atoms with van der Waals surface area (Å²) in [5.41, 5.74) is 4.35. The molecule has 0 bridgehead atoms. The Kier molecular flexibility index (Phi) is 11.0. The molecule has 106 valence electrons. The minimum Gasteiger partial charge on any atom is -0.198 e. The zero-order chi connectivity index (χ0) is 14.5. The van der Waals surface area contributed by atoms with E-state index in [0.717, 1.165) is 32.1 Å². The Hall–Kier alpha value is -1.29. The van der Waals surface area contributed by atoms with Crippen molar-refractivity contribution in [1.82, 2.24) is 0 Å². The largest absolute Gasteiger partial charge is 0.198 e. The van der Waals surface area contributed by atoms with Crippen LogP contribution in [0, 0.1) is 11.3 Å². The molecule has 0 saturated heterocycles. The molecule has 0 atom stereocenters. The Morgan fingerprint density at radius 1 is 0.842 bits per heavy atom. The van der Waals surface area contributed by atoms with E-state index in [1.54, 1.807) is 0 Å². The van der Waals surface area contributed by atoms with Gasteiger partial charge in [0.15, 0.2) is 0 Å². The van der Waals surface area contributed by atoms with Crippen LogP contribution in [-0.4, -0.2) is 0 Å². The van der Waals surface area contributed by atoms with Crippen LogP contribution in [0.15, 0.2) is 34.9 Å². The van der Waals surface area contributed by atoms with Crippen LogP contribution in [0.4, 0.5) is 0 Å². The van der Waals surface area contributed by atoms with Gasteiger partial charge >= 0.3 is 0 Å². The van der Waals surface area contributed by atoms with Gasteiger partial charge in [-0.15, -0.1) is 0 Å². The van der Waals surface area contributed by atoms with Crippen LogP contribution < -0.4 is 0 Å². The van der Waals surface area contributed by atoms with E-state index in [1.807, 2.05) is 0 Å². The Bertz CT molecular complexity index is 360. The molecule has 0 aromatic heterocycles. The molecule has 0 aliphatic heterocycles. The first-order chi connectivity index (χ1) is 9.06. The lowest BCUT2D eigenvalue weighted by Gasteiger charge is -2.01. The van der Waals surface area contributed by atoms with Crippen molar-refractivity contribution in [2.75, 3.05) is 0 Å². The van der Waals surface area contributed by atoms with Crippen LogP contribution >= 0.6 is 0 Å². The maximum Gasteiger partial charge on any atom is 0.0621 e. The molecule has 0 heterocycles. The molecule has 0 rings (SSSR count). The quantitative estimate of drug-likeness (QED) is 0.362. The first-order valence-corrected chi connectivity index (χ1v) is 7.38. The van der Waals surface area contributed by atoms with E-state index in [9.17, 15) is 0 Å². The highest BCUT2D eigenvalue weighted by Crippen LogP contribution is 2.12. The average Bonchev–Trinajstić information content (AvgIpc) is 2.34. The summed E-state index contributed by atoms with van der Waals surface area (Å²) in [6, 6.07) is 2.18. The molecule has 0 N–H and O–H groups in total. The van der Waals surface area contributed by atoms with E-state index in [4.69, 9.17) is 5.26 Å². The summed E-state index contributed by atoms with van der Waals surface area (Å²) in [6.07, 6.45) is 14.3. The Labute approximate surface area is 119 Å². The van der Waals surface area contributed by atoms with Crippen molar-refractivity contribution >= 4 is 0 Å². The topological polar surface area (TPSA) is 23.8 Å². The van der Waals surface area contributed by atoms with E-state index < -0.39 is 0 Å². The van der Waals surface area contributed by atoms with E-state index >= 15 is 0 Å². The van der Waals surface area contributed by atoms with Crippen LogP contribution in [-0.2, 0) is 0 Å². The number of hydrogen-bond donors (Lipinski definition) is 0. The van der Waals surface area contributed by atoms with Crippen LogP contribution in [0.3, 0.4) is 0 Å². The van der Waals surface area contributed by atoms with Crippen LogP contribution in [0.2, 0.25) is 0 Å². The lowest BCUT2D eigenvalue weighted by Crippen LogP contribution is -1.81. The summed E-state index contributed by atoms with van der Waals surface area (Å²) in [6.45, 7) is 8.72. The lowest BCUT2D eigenvalue weighted by molar-refractivity contribution is 0.854. The highest BCUT2D eigenvalue weighted by atomic mass is 14.2. The molecule has 0 unspecified atom stereocenters. The summed E-state index contributed by atoms with van der Waals surface area (Å²) < 4.78 is 0. The zero-order valence-corrected chi connectivity index (χ0v) is 13.1. The van der Waals surface area contributed by atoms with Crippen molar-refractivity contribution in [3.05, 3.63) is 34.9 Å². The summed E-state index contributed by atoms with van der Waals surface area (Å²) in [4.78, 5) is 0. The average molecular weight is 259 g/mol. The third kappa shape index (κ3) is 12.9. The Morgan fingerprint density at radius 2 is 1.37 bits per heavy atom. The van der Waals surface area contributed by atoms with Crippen molar-refractivity contribution in [2.24, 2.45) is 0 Å². The van der Waals surface area contributed by atoms with Gasteiger partial charge < -0.3 is 0 Å². The minimum atomic E-state index is 0.674. The Balaban J connectivity index is 3.80. The van der Waals surface area contributed by atoms with Crippen molar-refractivity contribution in [1.29, 1.82) is 5.26 Å². The summed E-state index contributed by atoms with van der Waals surface area (Å²) in [5, 5.41) is 8.46. The number of unbranched alkanes of at least 4 members (excludes halogenated alkanes) is 2. The van der Waals surface area contributed by atoms with Gasteiger partial charge in [0, 0.05) is 6.42 Å². The maximum absolute atomic E-state index is 8.46. The molecule has 0 radical (unpaired) electrons. The van der Waals surface area contributed by atoms with Gasteiger partial charge in [-0.2, -0.15) is 5.26 Å². The van der Waals surface area contributed by atoms with Crippen LogP contribution in [0.5, 0.6) is 0 Å². The molecule has 0 aromatic rings. The molecule has 0 saturated carbocycles. The van der Waals surface area contributed by atoms with Crippen molar-refractivity contribution < 1.29 is 0 Å². The monoisotopic (exact) mass is 259 g/mol. The number of allylic oxidation sites excluding steroid dienone is 6. The second-order valence-corrected chi connectivity index (χ2v) is 5.51. The van der Waals surface area contributed by atoms with E-state index in [2.05, 4.69) is 52.0 Å². The highest BCUT2D eigenvalue weighted by Gasteiger charge is 1.92. The fourth-order valence-corrected chi connectivity index (χ4v) is 1.87. The highest BCUT2D eigenvalue weighted by molar-refractivity contribution is 5.05. The number of nitriles is 1. The SMILES string of the molecule is CC(C)=CCCC(C)=CCCC(C)=CCCCC#N. The fraction of sp³-hybridized carbons (Fsp3) is 0.611. The van der Waals surface area contributed by atoms with Gasteiger partial charge in [-0.05, 0) is 66.2 Å². The van der Waals surface area contributed by atoms with E-state index in [-0.39, 0.29) is 0 Å². The van der Waals surface area contributed by atoms with Gasteiger partial charge in [0.25, 0.3) is 0 Å². The summed E-state index contributed by atoms with van der Waals surface area (Å²) in [7, 11) is 0. The number of nitrogens with zero attached hydrogens (tertiary/aromatic N) is 1. The predicted octanol–water partition coefficient (Wildman–Crippen LogP) is 6.10. The second-order valence-electron chi connectivity index (χ2n) is 5.51. The summed E-state index contributed by atoms with van der Waals surface area (Å²) >= 11 is 0. The van der Waals surface area contributed by atoms with Crippen LogP contribution in [0.1, 0.15) is 72.6 Å². The maximum atomic E-state index is 8.46. The molecule has 0 fully saturated rings.